The van der Waals surface area contributed by atoms with Crippen molar-refractivity contribution in [2.45, 2.75) is 19.1 Å². The molecule has 8 heteroatoms. The number of nitrogens with zero attached hydrogens (tertiary/aromatic N) is 4. The first kappa shape index (κ1) is 21.3. The molecule has 0 saturated carbocycles. The van der Waals surface area contributed by atoms with E-state index in [0.717, 1.165) is 30.8 Å². The average molecular weight is 439 g/mol. The lowest BCUT2D eigenvalue weighted by molar-refractivity contribution is -0.0185. The summed E-state index contributed by atoms with van der Waals surface area (Å²) in [6.45, 7) is 2.84. The maximum atomic E-state index is 13.0. The van der Waals surface area contributed by atoms with Crippen LogP contribution in [0.5, 0.6) is 5.75 Å². The molecular weight excluding hydrogens is 410 g/mol. The Kier molecular flexibility index (Phi) is 6.79. The van der Waals surface area contributed by atoms with E-state index in [4.69, 9.17) is 4.74 Å². The lowest BCUT2D eigenvalue weighted by Gasteiger charge is -2.21. The van der Waals surface area contributed by atoms with Crippen LogP contribution in [0.25, 0.3) is 0 Å². The highest BCUT2D eigenvalue weighted by Gasteiger charge is 2.26. The normalized spacial score (nSPS) is 14.8. The highest BCUT2D eigenvalue weighted by atomic mass is 32.1. The molecule has 0 aliphatic carbocycles. The molecule has 1 unspecified atom stereocenters. The van der Waals surface area contributed by atoms with Gasteiger partial charge in [0, 0.05) is 58.0 Å². The number of likely N-dealkylation sites (N-methyl/N-ethyl adjacent to an activating group) is 1. The van der Waals surface area contributed by atoms with Crippen molar-refractivity contribution in [3.63, 3.8) is 0 Å². The summed E-state index contributed by atoms with van der Waals surface area (Å²) in [4.78, 5) is 26.5. The molecule has 31 heavy (non-hydrogen) atoms. The summed E-state index contributed by atoms with van der Waals surface area (Å²) in [5, 5.41) is 5.31. The van der Waals surface area contributed by atoms with Gasteiger partial charge < -0.3 is 19.9 Å². The second-order valence-corrected chi connectivity index (χ2v) is 8.61. The number of thiophene rings is 1. The van der Waals surface area contributed by atoms with Gasteiger partial charge in [0.2, 0.25) is 6.10 Å². The van der Waals surface area contributed by atoms with E-state index in [1.165, 1.54) is 11.2 Å². The molecule has 1 aliphatic rings. The maximum absolute atomic E-state index is 13.0. The smallest absolute Gasteiger partial charge is 0.259 e. The number of aromatic nitrogens is 2. The Morgan fingerprint density at radius 3 is 2.81 bits per heavy atom. The summed E-state index contributed by atoms with van der Waals surface area (Å²) in [7, 11) is 3.92. The first-order valence-corrected chi connectivity index (χ1v) is 11.3. The van der Waals surface area contributed by atoms with Gasteiger partial charge in [-0.25, -0.2) is 9.97 Å². The van der Waals surface area contributed by atoms with Crippen LogP contribution in [-0.2, 0) is 6.54 Å². The topological polar surface area (TPSA) is 74.2 Å². The van der Waals surface area contributed by atoms with Crippen LogP contribution in [0.4, 0.5) is 5.82 Å². The van der Waals surface area contributed by atoms with Crippen molar-refractivity contribution in [1.82, 2.24) is 20.2 Å². The zero-order valence-electron chi connectivity index (χ0n) is 17.9. The number of amides is 1. The van der Waals surface area contributed by atoms with Gasteiger partial charge in [-0.2, -0.15) is 0 Å². The number of aromatic hydroxyl groups is 1. The molecule has 0 spiro atoms. The van der Waals surface area contributed by atoms with Gasteiger partial charge in [-0.3, -0.25) is 4.79 Å². The Morgan fingerprint density at radius 1 is 1.23 bits per heavy atom. The third-order valence-corrected chi connectivity index (χ3v) is 6.40. The van der Waals surface area contributed by atoms with Crippen molar-refractivity contribution in [3.8, 4) is 5.75 Å². The highest BCUT2D eigenvalue weighted by Crippen LogP contribution is 2.30. The van der Waals surface area contributed by atoms with Crippen molar-refractivity contribution in [2.75, 3.05) is 38.6 Å². The van der Waals surface area contributed by atoms with Gasteiger partial charge in [-0.05, 0) is 36.2 Å². The molecule has 3 aromatic rings. The number of anilines is 1. The molecule has 1 aromatic carbocycles. The number of rotatable bonds is 8. The van der Waals surface area contributed by atoms with Gasteiger partial charge in [0.05, 0.1) is 4.88 Å². The highest BCUT2D eigenvalue weighted by molar-refractivity contribution is 7.10. The fraction of sp³-hybridized carbons (Fsp3) is 0.348. The number of fused-ring (bicyclic) bond motifs is 1. The van der Waals surface area contributed by atoms with Gasteiger partial charge in [-0.1, -0.05) is 6.07 Å². The van der Waals surface area contributed by atoms with Crippen LogP contribution >= 0.6 is 11.3 Å². The minimum Gasteiger partial charge on any atom is -0.577 e. The van der Waals surface area contributed by atoms with E-state index in [9.17, 15) is 4.79 Å². The van der Waals surface area contributed by atoms with Crippen molar-refractivity contribution >= 4 is 23.1 Å². The summed E-state index contributed by atoms with van der Waals surface area (Å²) in [5.74, 6) is 1.62. The molecule has 1 aliphatic heterocycles. The summed E-state index contributed by atoms with van der Waals surface area (Å²) < 4.78 is 4.96. The first-order valence-electron chi connectivity index (χ1n) is 10.4. The van der Waals surface area contributed by atoms with Crippen LogP contribution < -0.4 is 10.2 Å². The zero-order chi connectivity index (χ0) is 21.6. The number of nitrogens with one attached hydrogen (secondary N) is 1. The molecule has 2 aromatic heterocycles. The van der Waals surface area contributed by atoms with Crippen molar-refractivity contribution < 1.29 is 9.53 Å². The zero-order valence-corrected chi connectivity index (χ0v) is 18.7. The third-order valence-electron chi connectivity index (χ3n) is 5.43. The molecule has 4 rings (SSSR count). The molecule has 0 bridgehead atoms. The summed E-state index contributed by atoms with van der Waals surface area (Å²) in [6, 6.07) is 12.4. The fourth-order valence-corrected chi connectivity index (χ4v) is 4.50. The summed E-state index contributed by atoms with van der Waals surface area (Å²) in [5.41, 5.74) is 1.63. The standard InChI is InChI=1S/C23H27N5O2S/c1-24-10-9-20(21-4-3-13-31-21)30-18-7-5-17(6-8-18)15-28-12-11-27(2)22-19(23(28)29)14-25-16-26-22/h3-8,13-14,16,20,24H,9-12,15H2,1-2H3/p+1. The lowest BCUT2D eigenvalue weighted by atomic mass is 10.1. The molecule has 1 amide bonds. The van der Waals surface area contributed by atoms with Crippen LogP contribution in [-0.4, -0.2) is 59.2 Å². The SMILES string of the molecule is CNCCC([OH+]c1ccc(CN2CCN(C)c3ncncc3C2=O)cc1)c1cccs1. The Morgan fingerprint density at radius 2 is 2.06 bits per heavy atom. The lowest BCUT2D eigenvalue weighted by Crippen LogP contribution is -2.33. The number of benzene rings is 1. The summed E-state index contributed by atoms with van der Waals surface area (Å²) >= 11 is 1.74. The summed E-state index contributed by atoms with van der Waals surface area (Å²) in [6.07, 6.45) is 4.20. The molecule has 0 fully saturated rings. The van der Waals surface area contributed by atoms with Crippen LogP contribution in [0, 0.1) is 0 Å². The van der Waals surface area contributed by atoms with Crippen molar-refractivity contribution in [2.24, 2.45) is 0 Å². The van der Waals surface area contributed by atoms with Crippen molar-refractivity contribution in [3.05, 3.63) is 70.3 Å². The molecule has 2 N–H and O–H groups in total. The van der Waals surface area contributed by atoms with Crippen LogP contribution in [0.3, 0.4) is 0 Å². The molecule has 0 radical (unpaired) electrons. The molecule has 3 heterocycles. The van der Waals surface area contributed by atoms with Crippen LogP contribution in [0.2, 0.25) is 0 Å². The molecule has 1 atom stereocenters. The Balaban J connectivity index is 1.44. The van der Waals surface area contributed by atoms with Gasteiger partial charge in [0.15, 0.2) is 0 Å². The van der Waals surface area contributed by atoms with Gasteiger partial charge in [0.1, 0.15) is 17.7 Å². The molecular formula is C23H28N5O2S+. The monoisotopic (exact) mass is 438 g/mol. The Hall–Kier alpha value is -2.97. The van der Waals surface area contributed by atoms with E-state index in [0.29, 0.717) is 24.5 Å². The van der Waals surface area contributed by atoms with Gasteiger partial charge in [0.25, 0.3) is 11.7 Å². The second-order valence-electron chi connectivity index (χ2n) is 7.63. The van der Waals surface area contributed by atoms with E-state index < -0.39 is 0 Å². The average Bonchev–Trinajstić information content (AvgIpc) is 3.31. The minimum absolute atomic E-state index is 0.0291. The van der Waals surface area contributed by atoms with E-state index in [1.807, 2.05) is 36.0 Å². The van der Waals surface area contributed by atoms with E-state index in [2.05, 4.69) is 44.9 Å². The molecule has 0 saturated heterocycles. The number of ether oxygens (including phenoxy) is 1. The third kappa shape index (κ3) is 5.03. The largest absolute Gasteiger partial charge is 0.577 e. The Bertz CT molecular complexity index is 993. The van der Waals surface area contributed by atoms with E-state index in [-0.39, 0.29) is 12.0 Å². The number of hydrogen-bond acceptors (Lipinski definition) is 6. The van der Waals surface area contributed by atoms with Crippen LogP contribution in [0.15, 0.2) is 54.3 Å². The Labute approximate surface area is 186 Å². The number of carbonyl (C=O) groups excluding carboxylic acids is 1. The molecule has 7 nitrogen and oxygen atoms in total. The van der Waals surface area contributed by atoms with E-state index in [1.54, 1.807) is 17.5 Å². The predicted octanol–water partition coefficient (Wildman–Crippen LogP) is 3.22. The molecule has 162 valence electrons. The fourth-order valence-electron chi connectivity index (χ4n) is 3.70. The number of carbonyl (C=O) groups is 1. The van der Waals surface area contributed by atoms with Crippen LogP contribution in [0.1, 0.15) is 33.3 Å². The minimum atomic E-state index is -0.0291. The number of aliphatic hydroxyl groups is 1. The second kappa shape index (κ2) is 9.89. The number of hydrogen-bond donors (Lipinski definition) is 1. The van der Waals surface area contributed by atoms with Crippen molar-refractivity contribution in [1.29, 1.82) is 0 Å². The van der Waals surface area contributed by atoms with E-state index >= 15 is 0 Å². The quantitative estimate of drug-likeness (QED) is 0.547. The van der Waals surface area contributed by atoms with Gasteiger partial charge >= 0.3 is 0 Å². The predicted molar refractivity (Wildman–Crippen MR) is 124 cm³/mol. The van der Waals surface area contributed by atoms with Gasteiger partial charge in [-0.15, -0.1) is 11.3 Å². The maximum Gasteiger partial charge on any atom is 0.259 e. The first-order chi connectivity index (χ1) is 15.2.